The Morgan fingerprint density at radius 2 is 1.93 bits per heavy atom. The Morgan fingerprint density at radius 1 is 1.14 bits per heavy atom. The summed E-state index contributed by atoms with van der Waals surface area (Å²) in [5.41, 5.74) is 1.69. The standard InChI is InChI=1S/C20H17F2N3O3/c1-11(14-4-3-13(21)9-16(14)22)24-20(26)15-10-23-25-19(15)12-2-5-17-18(8-12)28-7-6-27-17/h2-5,8-11H,6-7H2,1H3,(H,23,25)(H,24,26). The van der Waals surface area contributed by atoms with Crippen molar-refractivity contribution in [1.82, 2.24) is 15.5 Å². The van der Waals surface area contributed by atoms with Crippen LogP contribution in [0.4, 0.5) is 8.78 Å². The molecule has 2 heterocycles. The van der Waals surface area contributed by atoms with Crippen molar-refractivity contribution >= 4 is 5.91 Å². The van der Waals surface area contributed by atoms with Gasteiger partial charge in [0.1, 0.15) is 24.8 Å². The number of ether oxygens (including phenoxy) is 2. The number of benzene rings is 2. The second kappa shape index (κ2) is 7.30. The smallest absolute Gasteiger partial charge is 0.255 e. The first kappa shape index (κ1) is 18.0. The van der Waals surface area contributed by atoms with Gasteiger partial charge in [-0.3, -0.25) is 9.89 Å². The molecule has 0 bridgehead atoms. The first-order valence-corrected chi connectivity index (χ1v) is 8.72. The average molecular weight is 385 g/mol. The molecule has 0 fully saturated rings. The summed E-state index contributed by atoms with van der Waals surface area (Å²) in [6.07, 6.45) is 1.40. The van der Waals surface area contributed by atoms with E-state index in [2.05, 4.69) is 15.5 Å². The van der Waals surface area contributed by atoms with Gasteiger partial charge >= 0.3 is 0 Å². The first-order valence-electron chi connectivity index (χ1n) is 8.72. The topological polar surface area (TPSA) is 76.2 Å². The molecular weight excluding hydrogens is 368 g/mol. The van der Waals surface area contributed by atoms with Gasteiger partial charge in [0, 0.05) is 17.2 Å². The molecule has 1 aromatic heterocycles. The molecule has 6 nitrogen and oxygen atoms in total. The van der Waals surface area contributed by atoms with Crippen LogP contribution in [0.25, 0.3) is 11.3 Å². The van der Waals surface area contributed by atoms with E-state index in [-0.39, 0.29) is 5.56 Å². The molecule has 8 heteroatoms. The Kier molecular flexibility index (Phi) is 4.68. The molecule has 2 aromatic carbocycles. The number of carbonyl (C=O) groups is 1. The molecule has 28 heavy (non-hydrogen) atoms. The predicted molar refractivity (Wildman–Crippen MR) is 97.3 cm³/mol. The molecule has 4 rings (SSSR count). The van der Waals surface area contributed by atoms with Crippen LogP contribution in [0.2, 0.25) is 0 Å². The molecule has 1 unspecified atom stereocenters. The van der Waals surface area contributed by atoms with Gasteiger partial charge in [0.25, 0.3) is 5.91 Å². The summed E-state index contributed by atoms with van der Waals surface area (Å²) in [6.45, 7) is 2.56. The third kappa shape index (κ3) is 3.40. The molecule has 1 atom stereocenters. The van der Waals surface area contributed by atoms with Crippen LogP contribution in [0, 0.1) is 11.6 Å². The maximum Gasteiger partial charge on any atom is 0.255 e. The van der Waals surface area contributed by atoms with Crippen molar-refractivity contribution < 1.29 is 23.0 Å². The summed E-state index contributed by atoms with van der Waals surface area (Å²) in [5, 5.41) is 9.48. The fraction of sp³-hybridized carbons (Fsp3) is 0.200. The lowest BCUT2D eigenvalue weighted by molar-refractivity contribution is 0.0940. The lowest BCUT2D eigenvalue weighted by atomic mass is 10.0. The molecule has 3 aromatic rings. The number of fused-ring (bicyclic) bond motifs is 1. The Hall–Kier alpha value is -3.42. The van der Waals surface area contributed by atoms with Crippen molar-refractivity contribution in [2.24, 2.45) is 0 Å². The summed E-state index contributed by atoms with van der Waals surface area (Å²) in [4.78, 5) is 12.7. The lowest BCUT2D eigenvalue weighted by Crippen LogP contribution is -2.27. The summed E-state index contributed by atoms with van der Waals surface area (Å²) in [6, 6.07) is 7.92. The van der Waals surface area contributed by atoms with Crippen molar-refractivity contribution in [3.63, 3.8) is 0 Å². The molecule has 2 N–H and O–H groups in total. The number of hydrogen-bond donors (Lipinski definition) is 2. The third-order valence-corrected chi connectivity index (χ3v) is 4.49. The Bertz CT molecular complexity index is 1040. The van der Waals surface area contributed by atoms with Gasteiger partial charge in [0.2, 0.25) is 0 Å². The van der Waals surface area contributed by atoms with Gasteiger partial charge in [0.15, 0.2) is 11.5 Å². The highest BCUT2D eigenvalue weighted by Crippen LogP contribution is 2.35. The summed E-state index contributed by atoms with van der Waals surface area (Å²) < 4.78 is 38.1. The molecular formula is C20H17F2N3O3. The largest absolute Gasteiger partial charge is 0.486 e. The second-order valence-electron chi connectivity index (χ2n) is 6.38. The molecule has 1 aliphatic heterocycles. The lowest BCUT2D eigenvalue weighted by Gasteiger charge is -2.19. The maximum absolute atomic E-state index is 14.0. The summed E-state index contributed by atoms with van der Waals surface area (Å²) >= 11 is 0. The van der Waals surface area contributed by atoms with Gasteiger partial charge in [-0.15, -0.1) is 0 Å². The van der Waals surface area contributed by atoms with Gasteiger partial charge in [-0.05, 0) is 31.2 Å². The number of hydrogen-bond acceptors (Lipinski definition) is 4. The SMILES string of the molecule is CC(NC(=O)c1cn[nH]c1-c1ccc2c(c1)OCCO2)c1ccc(F)cc1F. The number of nitrogens with zero attached hydrogens (tertiary/aromatic N) is 1. The molecule has 0 spiro atoms. The van der Waals surface area contributed by atoms with Crippen molar-refractivity contribution in [3.05, 3.63) is 65.4 Å². The third-order valence-electron chi connectivity index (χ3n) is 4.49. The zero-order valence-corrected chi connectivity index (χ0v) is 15.0. The van der Waals surface area contributed by atoms with Crippen LogP contribution in [0.1, 0.15) is 28.9 Å². The van der Waals surface area contributed by atoms with E-state index in [1.165, 1.54) is 12.3 Å². The number of aromatic nitrogens is 2. The van der Waals surface area contributed by atoms with Crippen LogP contribution in [-0.2, 0) is 0 Å². The Labute approximate surface area is 159 Å². The number of aromatic amines is 1. The zero-order chi connectivity index (χ0) is 19.7. The normalized spacial score (nSPS) is 13.8. The summed E-state index contributed by atoms with van der Waals surface area (Å²) in [7, 11) is 0. The number of rotatable bonds is 4. The molecule has 1 amide bonds. The van der Waals surface area contributed by atoms with Crippen molar-refractivity contribution in [2.75, 3.05) is 13.2 Å². The van der Waals surface area contributed by atoms with Gasteiger partial charge in [-0.25, -0.2) is 8.78 Å². The minimum absolute atomic E-state index is 0.194. The van der Waals surface area contributed by atoms with E-state index >= 15 is 0 Å². The van der Waals surface area contributed by atoms with E-state index in [0.29, 0.717) is 41.5 Å². The first-order chi connectivity index (χ1) is 13.5. The van der Waals surface area contributed by atoms with Crippen LogP contribution >= 0.6 is 0 Å². The van der Waals surface area contributed by atoms with Crippen molar-refractivity contribution in [2.45, 2.75) is 13.0 Å². The van der Waals surface area contributed by atoms with E-state index in [0.717, 1.165) is 12.1 Å². The second-order valence-corrected chi connectivity index (χ2v) is 6.38. The number of H-pyrrole nitrogens is 1. The maximum atomic E-state index is 14.0. The summed E-state index contributed by atoms with van der Waals surface area (Å²) in [5.74, 6) is -0.593. The molecule has 0 radical (unpaired) electrons. The highest BCUT2D eigenvalue weighted by atomic mass is 19.1. The monoisotopic (exact) mass is 385 g/mol. The molecule has 1 aliphatic rings. The van der Waals surface area contributed by atoms with E-state index < -0.39 is 23.6 Å². The van der Waals surface area contributed by atoms with Crippen molar-refractivity contribution in [1.29, 1.82) is 0 Å². The Morgan fingerprint density at radius 3 is 2.71 bits per heavy atom. The fourth-order valence-corrected chi connectivity index (χ4v) is 3.08. The van der Waals surface area contributed by atoms with Gasteiger partial charge in [-0.2, -0.15) is 5.10 Å². The van der Waals surface area contributed by atoms with E-state index in [1.807, 2.05) is 0 Å². The molecule has 0 aliphatic carbocycles. The minimum Gasteiger partial charge on any atom is -0.486 e. The zero-order valence-electron chi connectivity index (χ0n) is 15.0. The Balaban J connectivity index is 1.57. The molecule has 144 valence electrons. The quantitative estimate of drug-likeness (QED) is 0.719. The van der Waals surface area contributed by atoms with Crippen LogP contribution < -0.4 is 14.8 Å². The highest BCUT2D eigenvalue weighted by Gasteiger charge is 2.21. The van der Waals surface area contributed by atoms with Crippen molar-refractivity contribution in [3.8, 4) is 22.8 Å². The average Bonchev–Trinajstić information content (AvgIpc) is 3.17. The van der Waals surface area contributed by atoms with Crippen LogP contribution in [0.15, 0.2) is 42.6 Å². The number of amides is 1. The number of carbonyl (C=O) groups excluding carboxylic acids is 1. The van der Waals surface area contributed by atoms with Gasteiger partial charge < -0.3 is 14.8 Å². The van der Waals surface area contributed by atoms with E-state index in [4.69, 9.17) is 9.47 Å². The van der Waals surface area contributed by atoms with E-state index in [9.17, 15) is 13.6 Å². The van der Waals surface area contributed by atoms with Gasteiger partial charge in [0.05, 0.1) is 23.5 Å². The predicted octanol–water partition coefficient (Wildman–Crippen LogP) is 3.62. The minimum atomic E-state index is -0.716. The van der Waals surface area contributed by atoms with Gasteiger partial charge in [-0.1, -0.05) is 6.07 Å². The molecule has 0 saturated carbocycles. The molecule has 0 saturated heterocycles. The number of halogens is 2. The van der Waals surface area contributed by atoms with Crippen LogP contribution in [0.5, 0.6) is 11.5 Å². The number of nitrogens with one attached hydrogen (secondary N) is 2. The van der Waals surface area contributed by atoms with E-state index in [1.54, 1.807) is 25.1 Å². The van der Waals surface area contributed by atoms with Crippen LogP contribution in [-0.4, -0.2) is 29.3 Å². The van der Waals surface area contributed by atoms with Crippen LogP contribution in [0.3, 0.4) is 0 Å². The highest BCUT2D eigenvalue weighted by molar-refractivity contribution is 6.00. The fourth-order valence-electron chi connectivity index (χ4n) is 3.08.